The fourth-order valence-electron chi connectivity index (χ4n) is 5.11. The molecule has 0 rings (SSSR count). The van der Waals surface area contributed by atoms with Crippen molar-refractivity contribution in [2.24, 2.45) is 0 Å². The Bertz CT molecular complexity index is 977. The topological polar surface area (TPSA) is 125 Å². The van der Waals surface area contributed by atoms with Crippen molar-refractivity contribution in [3.63, 3.8) is 0 Å². The number of allylic oxidation sites excluding steroid dienone is 8. The Morgan fingerprint density at radius 3 is 1.84 bits per heavy atom. The number of carbonyl (C=O) groups excluding carboxylic acids is 1. The van der Waals surface area contributed by atoms with Gasteiger partial charge in [-0.1, -0.05) is 107 Å². The van der Waals surface area contributed by atoms with E-state index in [-0.39, 0.29) is 18.9 Å². The molecule has 0 spiro atoms. The lowest BCUT2D eigenvalue weighted by Crippen LogP contribution is -2.51. The van der Waals surface area contributed by atoms with Crippen molar-refractivity contribution in [3.8, 4) is 0 Å². The molecule has 0 fully saturated rings. The van der Waals surface area contributed by atoms with E-state index in [4.69, 9.17) is 9.05 Å². The summed E-state index contributed by atoms with van der Waals surface area (Å²) in [4.78, 5) is 23.0. The maximum Gasteiger partial charge on any atom is 0.472 e. The summed E-state index contributed by atoms with van der Waals surface area (Å²) in [7, 11) is 1.39. The second-order valence-corrected chi connectivity index (χ2v) is 15.9. The van der Waals surface area contributed by atoms with Crippen molar-refractivity contribution >= 4 is 13.7 Å². The molecule has 4 N–H and O–H groups in total. The van der Waals surface area contributed by atoms with E-state index in [1.54, 1.807) is 0 Å². The minimum absolute atomic E-state index is 0.00893. The maximum absolute atomic E-state index is 12.8. The Morgan fingerprint density at radius 2 is 1.22 bits per heavy atom. The molecule has 50 heavy (non-hydrogen) atoms. The molecule has 0 aromatic rings. The predicted molar refractivity (Wildman–Crippen MR) is 209 cm³/mol. The molecule has 0 heterocycles. The summed E-state index contributed by atoms with van der Waals surface area (Å²) in [6.45, 7) is 4.45. The van der Waals surface area contributed by atoms with E-state index >= 15 is 0 Å². The Kier molecular flexibility index (Phi) is 31.1. The van der Waals surface area contributed by atoms with Gasteiger partial charge in [0.05, 0.1) is 39.9 Å². The number of rotatable bonds is 34. The number of hydrogen-bond acceptors (Lipinski definition) is 6. The number of likely N-dealkylation sites (N-methyl/N-ethyl adjacent to an activating group) is 1. The predicted octanol–water partition coefficient (Wildman–Crippen LogP) is 9.10. The average molecular weight is 728 g/mol. The summed E-state index contributed by atoms with van der Waals surface area (Å²) in [5, 5.41) is 24.5. The first kappa shape index (κ1) is 48.4. The molecule has 0 saturated heterocycles. The molecular formula is C40H76N2O7P+. The van der Waals surface area contributed by atoms with Gasteiger partial charge in [0, 0.05) is 6.42 Å². The second kappa shape index (κ2) is 32.1. The average Bonchev–Trinajstić information content (AvgIpc) is 3.06. The van der Waals surface area contributed by atoms with Gasteiger partial charge in [0.15, 0.2) is 0 Å². The number of nitrogens with zero attached hydrogens (tertiary/aromatic N) is 1. The number of carbonyl (C=O) groups is 1. The Morgan fingerprint density at radius 1 is 0.700 bits per heavy atom. The third-order valence-corrected chi connectivity index (χ3v) is 9.35. The van der Waals surface area contributed by atoms with Gasteiger partial charge in [0.25, 0.3) is 0 Å². The van der Waals surface area contributed by atoms with Crippen LogP contribution in [-0.2, 0) is 18.4 Å². The molecule has 0 saturated carbocycles. The normalized spacial score (nSPS) is 15.8. The van der Waals surface area contributed by atoms with Gasteiger partial charge in [-0.25, -0.2) is 4.57 Å². The standard InChI is InChI=1S/C40H75N2O7P/c1-6-8-10-12-14-16-18-20-21-23-25-27-29-31-33-39(44)41-37(36-49-50(46,47)48-35-34-42(3,4)5)40(45)38(43)32-30-28-26-24-22-19-17-15-13-11-9-7-2/h12,14-15,17-18,20,24,26,37-38,40,43,45H,6-11,13,16,19,21-23,25,27-36H2,1-5H3,(H-,41,44,46,47)/p+1/b14-12-,17-15+,20-18-,26-24+. The number of quaternary nitrogens is 1. The number of amides is 1. The molecule has 0 aliphatic rings. The molecule has 4 unspecified atom stereocenters. The fourth-order valence-corrected chi connectivity index (χ4v) is 5.85. The third-order valence-electron chi connectivity index (χ3n) is 8.37. The maximum atomic E-state index is 12.8. The molecule has 9 nitrogen and oxygen atoms in total. The second-order valence-electron chi connectivity index (χ2n) is 14.4. The number of hydrogen-bond donors (Lipinski definition) is 4. The van der Waals surface area contributed by atoms with Gasteiger partial charge in [-0.3, -0.25) is 13.8 Å². The summed E-state index contributed by atoms with van der Waals surface area (Å²) in [5.41, 5.74) is 0. The van der Waals surface area contributed by atoms with Crippen LogP contribution in [0.4, 0.5) is 0 Å². The van der Waals surface area contributed by atoms with Crippen LogP contribution in [0.1, 0.15) is 142 Å². The van der Waals surface area contributed by atoms with Crippen LogP contribution in [0.5, 0.6) is 0 Å². The number of phosphoric acid groups is 1. The van der Waals surface area contributed by atoms with Gasteiger partial charge < -0.3 is 24.9 Å². The minimum atomic E-state index is -4.42. The van der Waals surface area contributed by atoms with E-state index < -0.39 is 32.7 Å². The molecular weight excluding hydrogens is 651 g/mol. The smallest absolute Gasteiger partial charge is 0.390 e. The van der Waals surface area contributed by atoms with Gasteiger partial charge in [-0.2, -0.15) is 0 Å². The van der Waals surface area contributed by atoms with E-state index in [1.165, 1.54) is 32.1 Å². The first-order valence-corrected chi connectivity index (χ1v) is 21.1. The van der Waals surface area contributed by atoms with Crippen molar-refractivity contribution in [1.29, 1.82) is 0 Å². The van der Waals surface area contributed by atoms with E-state index in [1.807, 2.05) is 21.1 Å². The molecule has 0 radical (unpaired) electrons. The van der Waals surface area contributed by atoms with E-state index in [2.05, 4.69) is 67.8 Å². The van der Waals surface area contributed by atoms with E-state index in [0.29, 0.717) is 30.3 Å². The van der Waals surface area contributed by atoms with Crippen LogP contribution in [0.3, 0.4) is 0 Å². The van der Waals surface area contributed by atoms with Crippen LogP contribution in [0.15, 0.2) is 48.6 Å². The highest BCUT2D eigenvalue weighted by Crippen LogP contribution is 2.43. The monoisotopic (exact) mass is 728 g/mol. The highest BCUT2D eigenvalue weighted by atomic mass is 31.2. The zero-order chi connectivity index (χ0) is 37.4. The highest BCUT2D eigenvalue weighted by molar-refractivity contribution is 7.47. The molecule has 0 aliphatic heterocycles. The summed E-state index contributed by atoms with van der Waals surface area (Å²) < 4.78 is 23.4. The van der Waals surface area contributed by atoms with Crippen molar-refractivity contribution in [2.45, 2.75) is 161 Å². The Labute approximate surface area is 306 Å². The van der Waals surface area contributed by atoms with Crippen LogP contribution < -0.4 is 5.32 Å². The van der Waals surface area contributed by atoms with Gasteiger partial charge >= 0.3 is 7.82 Å². The lowest BCUT2D eigenvalue weighted by molar-refractivity contribution is -0.870. The summed E-state index contributed by atoms with van der Waals surface area (Å²) in [5.74, 6) is -0.291. The zero-order valence-electron chi connectivity index (χ0n) is 32.5. The van der Waals surface area contributed by atoms with Crippen molar-refractivity contribution in [1.82, 2.24) is 5.32 Å². The molecule has 292 valence electrons. The summed E-state index contributed by atoms with van der Waals surface area (Å²) in [6.07, 6.45) is 34.6. The van der Waals surface area contributed by atoms with Gasteiger partial charge in [-0.15, -0.1) is 0 Å². The van der Waals surface area contributed by atoms with E-state index in [0.717, 1.165) is 70.6 Å². The Hall–Kier alpha value is -1.58. The molecule has 1 amide bonds. The van der Waals surface area contributed by atoms with Crippen LogP contribution in [0.25, 0.3) is 0 Å². The number of nitrogens with one attached hydrogen (secondary N) is 1. The van der Waals surface area contributed by atoms with Gasteiger partial charge in [0.1, 0.15) is 19.3 Å². The van der Waals surface area contributed by atoms with Crippen LogP contribution in [0.2, 0.25) is 0 Å². The fraction of sp³-hybridized carbons (Fsp3) is 0.775. The highest BCUT2D eigenvalue weighted by Gasteiger charge is 2.31. The van der Waals surface area contributed by atoms with Gasteiger partial charge in [-0.05, 0) is 77.0 Å². The van der Waals surface area contributed by atoms with E-state index in [9.17, 15) is 24.5 Å². The molecule has 0 bridgehead atoms. The molecule has 10 heteroatoms. The number of phosphoric ester groups is 1. The summed E-state index contributed by atoms with van der Waals surface area (Å²) in [6, 6.07) is -1.06. The number of aliphatic hydroxyl groups excluding tert-OH is 2. The first-order chi connectivity index (χ1) is 23.9. The number of aliphatic hydroxyl groups is 2. The largest absolute Gasteiger partial charge is 0.472 e. The third kappa shape index (κ3) is 32.3. The lowest BCUT2D eigenvalue weighted by Gasteiger charge is -2.28. The quantitative estimate of drug-likeness (QED) is 0.0226. The van der Waals surface area contributed by atoms with Crippen molar-refractivity contribution < 1.29 is 38.0 Å². The van der Waals surface area contributed by atoms with Crippen LogP contribution in [-0.4, -0.2) is 84.6 Å². The van der Waals surface area contributed by atoms with Crippen molar-refractivity contribution in [3.05, 3.63) is 48.6 Å². The number of unbranched alkanes of at least 4 members (excludes halogenated alkanes) is 12. The molecule has 4 atom stereocenters. The van der Waals surface area contributed by atoms with Gasteiger partial charge in [0.2, 0.25) is 5.91 Å². The molecule has 0 aliphatic carbocycles. The Balaban J connectivity index is 4.71. The lowest BCUT2D eigenvalue weighted by atomic mass is 10.0. The van der Waals surface area contributed by atoms with Crippen LogP contribution >= 0.6 is 7.82 Å². The molecule has 0 aromatic carbocycles. The minimum Gasteiger partial charge on any atom is -0.390 e. The summed E-state index contributed by atoms with van der Waals surface area (Å²) >= 11 is 0. The van der Waals surface area contributed by atoms with Crippen LogP contribution in [0, 0.1) is 0 Å². The zero-order valence-corrected chi connectivity index (χ0v) is 33.4. The van der Waals surface area contributed by atoms with Crippen molar-refractivity contribution in [2.75, 3.05) is 40.9 Å². The molecule has 0 aromatic heterocycles. The SMILES string of the molecule is CCCC/C=C\C/C=C\CCCCCCCC(=O)NC(COP(=O)(O)OCC[N+](C)(C)C)C(O)C(O)CCC/C=C/CC/C=C/CCCCC. The first-order valence-electron chi connectivity index (χ1n) is 19.6.